The molecule has 3 aliphatic heterocycles. The van der Waals surface area contributed by atoms with E-state index >= 15 is 0 Å². The molecule has 0 saturated carbocycles. The number of nitrogens with one attached hydrogen (secondary N) is 2. The highest BCUT2D eigenvalue weighted by Crippen LogP contribution is 2.38. The van der Waals surface area contributed by atoms with Gasteiger partial charge in [-0.05, 0) is 50.6 Å². The van der Waals surface area contributed by atoms with Gasteiger partial charge in [0.25, 0.3) is 0 Å². The van der Waals surface area contributed by atoms with Crippen molar-refractivity contribution in [3.05, 3.63) is 35.9 Å². The molecule has 3 atom stereocenters. The molecule has 6 heteroatoms. The van der Waals surface area contributed by atoms with E-state index in [1.807, 2.05) is 30.3 Å². The Morgan fingerprint density at radius 3 is 2.81 bits per heavy atom. The molecule has 3 heterocycles. The van der Waals surface area contributed by atoms with Crippen molar-refractivity contribution < 1.29 is 14.3 Å². The van der Waals surface area contributed by atoms with E-state index in [4.69, 9.17) is 4.74 Å². The van der Waals surface area contributed by atoms with Crippen molar-refractivity contribution in [2.24, 2.45) is 0 Å². The number of piperidine rings is 1. The van der Waals surface area contributed by atoms with E-state index in [0.717, 1.165) is 50.8 Å². The van der Waals surface area contributed by atoms with E-state index in [1.165, 1.54) is 0 Å². The van der Waals surface area contributed by atoms with Crippen LogP contribution in [0.5, 0.6) is 0 Å². The average molecular weight is 371 g/mol. The van der Waals surface area contributed by atoms with Crippen LogP contribution in [0, 0.1) is 0 Å². The summed E-state index contributed by atoms with van der Waals surface area (Å²) in [5.41, 5.74) is 0.618. The van der Waals surface area contributed by atoms with Crippen LogP contribution in [-0.2, 0) is 20.9 Å². The first kappa shape index (κ1) is 18.4. The fraction of sp³-hybridized carbons (Fsp3) is 0.619. The fourth-order valence-electron chi connectivity index (χ4n) is 4.80. The largest absolute Gasteiger partial charge is 0.368 e. The van der Waals surface area contributed by atoms with Crippen molar-refractivity contribution >= 4 is 11.8 Å². The molecule has 1 aromatic rings. The Morgan fingerprint density at radius 1 is 1.19 bits per heavy atom. The molecule has 0 radical (unpaired) electrons. The Labute approximate surface area is 160 Å². The SMILES string of the molecule is O=C(N[C@@H]1CN2CCCC[C@@]2(C(=O)NCc2ccccc2)C1)[C@H]1CCCO1. The number of rotatable bonds is 5. The van der Waals surface area contributed by atoms with Crippen LogP contribution in [0.4, 0.5) is 0 Å². The number of carbonyl (C=O) groups is 2. The van der Waals surface area contributed by atoms with Crippen molar-refractivity contribution in [3.63, 3.8) is 0 Å². The summed E-state index contributed by atoms with van der Waals surface area (Å²) in [5.74, 6) is 0.0807. The lowest BCUT2D eigenvalue weighted by molar-refractivity contribution is -0.134. The Balaban J connectivity index is 1.40. The van der Waals surface area contributed by atoms with Gasteiger partial charge in [0.05, 0.1) is 0 Å². The van der Waals surface area contributed by atoms with E-state index in [9.17, 15) is 9.59 Å². The Morgan fingerprint density at radius 2 is 2.04 bits per heavy atom. The molecule has 3 saturated heterocycles. The summed E-state index contributed by atoms with van der Waals surface area (Å²) in [7, 11) is 0. The van der Waals surface area contributed by atoms with Crippen LogP contribution < -0.4 is 10.6 Å². The first-order valence-electron chi connectivity index (χ1n) is 10.2. The van der Waals surface area contributed by atoms with Gasteiger partial charge in [-0.3, -0.25) is 14.5 Å². The summed E-state index contributed by atoms with van der Waals surface area (Å²) in [4.78, 5) is 27.9. The highest BCUT2D eigenvalue weighted by atomic mass is 16.5. The van der Waals surface area contributed by atoms with E-state index in [1.54, 1.807) is 0 Å². The summed E-state index contributed by atoms with van der Waals surface area (Å²) in [6, 6.07) is 10.0. The molecule has 0 aliphatic carbocycles. The average Bonchev–Trinajstić information content (AvgIpc) is 3.35. The van der Waals surface area contributed by atoms with Crippen molar-refractivity contribution in [2.45, 2.75) is 62.8 Å². The zero-order valence-electron chi connectivity index (χ0n) is 15.8. The molecule has 6 nitrogen and oxygen atoms in total. The fourth-order valence-corrected chi connectivity index (χ4v) is 4.80. The van der Waals surface area contributed by atoms with E-state index in [0.29, 0.717) is 19.6 Å². The molecule has 0 unspecified atom stereocenters. The lowest BCUT2D eigenvalue weighted by Crippen LogP contribution is -2.57. The number of ether oxygens (including phenoxy) is 1. The number of hydrogen-bond donors (Lipinski definition) is 2. The molecule has 0 aromatic heterocycles. The minimum Gasteiger partial charge on any atom is -0.368 e. The third-order valence-corrected chi connectivity index (χ3v) is 6.19. The quantitative estimate of drug-likeness (QED) is 0.825. The van der Waals surface area contributed by atoms with Gasteiger partial charge in [-0.2, -0.15) is 0 Å². The molecule has 27 heavy (non-hydrogen) atoms. The Hall–Kier alpha value is -1.92. The third kappa shape index (κ3) is 3.87. The van der Waals surface area contributed by atoms with Gasteiger partial charge in [0, 0.05) is 25.7 Å². The van der Waals surface area contributed by atoms with Gasteiger partial charge >= 0.3 is 0 Å². The smallest absolute Gasteiger partial charge is 0.249 e. The van der Waals surface area contributed by atoms with Gasteiger partial charge in [-0.1, -0.05) is 30.3 Å². The van der Waals surface area contributed by atoms with Crippen LogP contribution in [0.2, 0.25) is 0 Å². The number of carbonyl (C=O) groups excluding carboxylic acids is 2. The first-order chi connectivity index (χ1) is 13.2. The van der Waals surface area contributed by atoms with Crippen LogP contribution in [0.1, 0.15) is 44.1 Å². The van der Waals surface area contributed by atoms with Gasteiger partial charge < -0.3 is 15.4 Å². The normalized spacial score (nSPS) is 30.7. The highest BCUT2D eigenvalue weighted by Gasteiger charge is 2.52. The molecule has 3 fully saturated rings. The molecule has 146 valence electrons. The summed E-state index contributed by atoms with van der Waals surface area (Å²) in [6.07, 6.45) is 5.14. The van der Waals surface area contributed by atoms with Gasteiger partial charge in [0.2, 0.25) is 11.8 Å². The predicted molar refractivity (Wildman–Crippen MR) is 102 cm³/mol. The maximum absolute atomic E-state index is 13.2. The van der Waals surface area contributed by atoms with E-state index < -0.39 is 5.54 Å². The first-order valence-corrected chi connectivity index (χ1v) is 10.2. The standard InChI is InChI=1S/C21H29N3O3/c25-19(18-9-6-12-27-18)23-17-13-21(10-4-5-11-24(21)15-17)20(26)22-14-16-7-2-1-3-8-16/h1-3,7-8,17-18H,4-6,9-15H2,(H,22,26)(H,23,25)/t17-,18+,21-/m0/s1. The zero-order chi connectivity index (χ0) is 18.7. The van der Waals surface area contributed by atoms with E-state index in [2.05, 4.69) is 15.5 Å². The second-order valence-electron chi connectivity index (χ2n) is 8.01. The molecule has 0 bridgehead atoms. The second kappa shape index (κ2) is 7.98. The second-order valence-corrected chi connectivity index (χ2v) is 8.01. The van der Waals surface area contributed by atoms with Crippen LogP contribution >= 0.6 is 0 Å². The third-order valence-electron chi connectivity index (χ3n) is 6.19. The van der Waals surface area contributed by atoms with Gasteiger partial charge in [0.15, 0.2) is 0 Å². The topological polar surface area (TPSA) is 70.7 Å². The van der Waals surface area contributed by atoms with Gasteiger partial charge in [-0.15, -0.1) is 0 Å². The van der Waals surface area contributed by atoms with Crippen molar-refractivity contribution in [1.29, 1.82) is 0 Å². The Bertz CT molecular complexity index is 675. The summed E-state index contributed by atoms with van der Waals surface area (Å²) in [6.45, 7) is 2.88. The van der Waals surface area contributed by atoms with Crippen molar-refractivity contribution in [3.8, 4) is 0 Å². The zero-order valence-corrected chi connectivity index (χ0v) is 15.8. The van der Waals surface area contributed by atoms with Crippen LogP contribution in [0.25, 0.3) is 0 Å². The minimum atomic E-state index is -0.485. The molecule has 3 aliphatic rings. The lowest BCUT2D eigenvalue weighted by atomic mass is 9.84. The van der Waals surface area contributed by atoms with E-state index in [-0.39, 0.29) is 24.0 Å². The summed E-state index contributed by atoms with van der Waals surface area (Å²) < 4.78 is 5.50. The molecule has 0 spiro atoms. The highest BCUT2D eigenvalue weighted by molar-refractivity contribution is 5.87. The van der Waals surface area contributed by atoms with Crippen molar-refractivity contribution in [1.82, 2.24) is 15.5 Å². The van der Waals surface area contributed by atoms with Crippen LogP contribution in [0.3, 0.4) is 0 Å². The van der Waals surface area contributed by atoms with Gasteiger partial charge in [0.1, 0.15) is 11.6 Å². The molecule has 4 rings (SSSR count). The number of nitrogens with zero attached hydrogens (tertiary/aromatic N) is 1. The number of hydrogen-bond acceptors (Lipinski definition) is 4. The van der Waals surface area contributed by atoms with Crippen LogP contribution in [0.15, 0.2) is 30.3 Å². The Kier molecular flexibility index (Phi) is 5.45. The molecular weight excluding hydrogens is 342 g/mol. The molecular formula is C21H29N3O3. The van der Waals surface area contributed by atoms with Crippen LogP contribution in [-0.4, -0.2) is 54.1 Å². The van der Waals surface area contributed by atoms with Gasteiger partial charge in [-0.25, -0.2) is 0 Å². The maximum Gasteiger partial charge on any atom is 0.249 e. The monoisotopic (exact) mass is 371 g/mol. The number of fused-ring (bicyclic) bond motifs is 1. The number of amides is 2. The number of benzene rings is 1. The predicted octanol–water partition coefficient (Wildman–Crippen LogP) is 1.59. The lowest BCUT2D eigenvalue weighted by Gasteiger charge is -2.40. The summed E-state index contributed by atoms with van der Waals surface area (Å²) in [5, 5.41) is 6.29. The minimum absolute atomic E-state index is 0.0160. The maximum atomic E-state index is 13.2. The molecule has 1 aromatic carbocycles. The van der Waals surface area contributed by atoms with Crippen molar-refractivity contribution in [2.75, 3.05) is 19.7 Å². The molecule has 2 amide bonds. The molecule has 2 N–H and O–H groups in total. The summed E-state index contributed by atoms with van der Waals surface area (Å²) >= 11 is 0.